The van der Waals surface area contributed by atoms with Gasteiger partial charge in [-0.05, 0) is 25.7 Å². The normalized spacial score (nSPS) is 32.0. The lowest BCUT2D eigenvalue weighted by Gasteiger charge is -2.40. The fraction of sp³-hybridized carbons (Fsp3) is 0.846. The van der Waals surface area contributed by atoms with Crippen LogP contribution in [0.1, 0.15) is 25.7 Å². The Kier molecular flexibility index (Phi) is 4.22. The number of rotatable bonds is 4. The summed E-state index contributed by atoms with van der Waals surface area (Å²) < 4.78 is 5.28. The second-order valence-electron chi connectivity index (χ2n) is 4.95. The minimum Gasteiger partial charge on any atom is -0.381 e. The van der Waals surface area contributed by atoms with Crippen LogP contribution in [-0.4, -0.2) is 49.8 Å². The van der Waals surface area contributed by atoms with E-state index in [-0.39, 0.29) is 0 Å². The van der Waals surface area contributed by atoms with Gasteiger partial charge < -0.3 is 10.1 Å². The molecule has 0 aromatic rings. The van der Waals surface area contributed by atoms with E-state index in [9.17, 15) is 0 Å². The van der Waals surface area contributed by atoms with Crippen molar-refractivity contribution in [2.24, 2.45) is 0 Å². The van der Waals surface area contributed by atoms with Crippen LogP contribution in [0.4, 0.5) is 0 Å². The number of hydrogen-bond donors (Lipinski definition) is 1. The number of ether oxygens (including phenoxy) is 1. The van der Waals surface area contributed by atoms with Crippen LogP contribution in [0, 0.1) is 12.3 Å². The van der Waals surface area contributed by atoms with Gasteiger partial charge in [-0.15, -0.1) is 6.42 Å². The van der Waals surface area contributed by atoms with Gasteiger partial charge in [0.1, 0.15) is 0 Å². The largest absolute Gasteiger partial charge is 0.381 e. The van der Waals surface area contributed by atoms with Gasteiger partial charge in [0.2, 0.25) is 0 Å². The number of piperidine rings is 1. The fourth-order valence-corrected chi connectivity index (χ4v) is 2.61. The maximum absolute atomic E-state index is 5.31. The number of nitrogens with one attached hydrogen (secondary N) is 1. The number of likely N-dealkylation sites (tertiary alicyclic amines) is 1. The summed E-state index contributed by atoms with van der Waals surface area (Å²) in [5.74, 6) is 2.72. The first-order chi connectivity index (χ1) is 7.81. The SMILES string of the molecule is C#CCN1CCC(NC2CC(OC)C2)CC1. The van der Waals surface area contributed by atoms with Crippen molar-refractivity contribution in [3.05, 3.63) is 0 Å². The van der Waals surface area contributed by atoms with E-state index < -0.39 is 0 Å². The molecule has 3 nitrogen and oxygen atoms in total. The average Bonchev–Trinajstić information content (AvgIpc) is 2.25. The second-order valence-corrected chi connectivity index (χ2v) is 4.95. The van der Waals surface area contributed by atoms with Gasteiger partial charge in [-0.2, -0.15) is 0 Å². The molecule has 1 N–H and O–H groups in total. The molecule has 0 spiro atoms. The molecule has 0 bridgehead atoms. The highest BCUT2D eigenvalue weighted by Gasteiger charge is 2.31. The van der Waals surface area contributed by atoms with Crippen LogP contribution in [0.15, 0.2) is 0 Å². The number of nitrogens with zero attached hydrogens (tertiary/aromatic N) is 1. The zero-order chi connectivity index (χ0) is 11.4. The summed E-state index contributed by atoms with van der Waals surface area (Å²) in [4.78, 5) is 2.36. The van der Waals surface area contributed by atoms with E-state index in [1.165, 1.54) is 25.7 Å². The third-order valence-corrected chi connectivity index (χ3v) is 3.80. The van der Waals surface area contributed by atoms with Crippen molar-refractivity contribution in [1.82, 2.24) is 10.2 Å². The zero-order valence-corrected chi connectivity index (χ0v) is 10.1. The lowest BCUT2D eigenvalue weighted by Crippen LogP contribution is -2.52. The van der Waals surface area contributed by atoms with E-state index in [4.69, 9.17) is 11.2 Å². The van der Waals surface area contributed by atoms with Crippen LogP contribution >= 0.6 is 0 Å². The smallest absolute Gasteiger partial charge is 0.0601 e. The van der Waals surface area contributed by atoms with Crippen LogP contribution in [0.25, 0.3) is 0 Å². The maximum atomic E-state index is 5.31. The summed E-state index contributed by atoms with van der Waals surface area (Å²) in [7, 11) is 1.80. The lowest BCUT2D eigenvalue weighted by molar-refractivity contribution is 0.0116. The first-order valence-corrected chi connectivity index (χ1v) is 6.26. The molecule has 0 atom stereocenters. The molecule has 1 aliphatic heterocycles. The molecule has 0 radical (unpaired) electrons. The molecule has 0 aromatic carbocycles. The zero-order valence-electron chi connectivity index (χ0n) is 10.1. The van der Waals surface area contributed by atoms with E-state index in [2.05, 4.69) is 16.1 Å². The van der Waals surface area contributed by atoms with Crippen LogP contribution < -0.4 is 5.32 Å². The Morgan fingerprint density at radius 1 is 1.31 bits per heavy atom. The van der Waals surface area contributed by atoms with Crippen molar-refractivity contribution in [3.63, 3.8) is 0 Å². The summed E-state index contributed by atoms with van der Waals surface area (Å²) in [6, 6.07) is 1.38. The number of terminal acetylenes is 1. The summed E-state index contributed by atoms with van der Waals surface area (Å²) in [6.07, 6.45) is 10.6. The monoisotopic (exact) mass is 222 g/mol. The molecule has 3 heteroatoms. The summed E-state index contributed by atoms with van der Waals surface area (Å²) >= 11 is 0. The molecule has 1 saturated carbocycles. The quantitative estimate of drug-likeness (QED) is 0.714. The molecule has 2 fully saturated rings. The first kappa shape index (κ1) is 11.9. The third kappa shape index (κ3) is 2.98. The Morgan fingerprint density at radius 3 is 2.56 bits per heavy atom. The minimum atomic E-state index is 0.499. The van der Waals surface area contributed by atoms with E-state index >= 15 is 0 Å². The Hall–Kier alpha value is -0.560. The van der Waals surface area contributed by atoms with Crippen LogP contribution in [0.3, 0.4) is 0 Å². The molecule has 1 heterocycles. The Bertz CT molecular complexity index is 247. The molecule has 2 rings (SSSR count). The molecule has 16 heavy (non-hydrogen) atoms. The summed E-state index contributed by atoms with van der Waals surface area (Å²) in [5, 5.41) is 3.72. The van der Waals surface area contributed by atoms with Crippen molar-refractivity contribution in [2.45, 2.75) is 43.9 Å². The van der Waals surface area contributed by atoms with Gasteiger partial charge in [0.25, 0.3) is 0 Å². The van der Waals surface area contributed by atoms with Crippen LogP contribution in [-0.2, 0) is 4.74 Å². The topological polar surface area (TPSA) is 24.5 Å². The van der Waals surface area contributed by atoms with Crippen molar-refractivity contribution < 1.29 is 4.74 Å². The Morgan fingerprint density at radius 2 is 2.00 bits per heavy atom. The van der Waals surface area contributed by atoms with E-state index in [1.807, 2.05) is 0 Å². The second kappa shape index (κ2) is 5.67. The van der Waals surface area contributed by atoms with Crippen LogP contribution in [0.2, 0.25) is 0 Å². The molecule has 90 valence electrons. The fourth-order valence-electron chi connectivity index (χ4n) is 2.61. The molecular formula is C13H22N2O. The van der Waals surface area contributed by atoms with Gasteiger partial charge in [0, 0.05) is 32.3 Å². The van der Waals surface area contributed by atoms with Crippen LogP contribution in [0.5, 0.6) is 0 Å². The van der Waals surface area contributed by atoms with E-state index in [1.54, 1.807) is 7.11 Å². The van der Waals surface area contributed by atoms with Gasteiger partial charge in [-0.3, -0.25) is 4.90 Å². The van der Waals surface area contributed by atoms with Gasteiger partial charge in [0.15, 0.2) is 0 Å². The Labute approximate surface area is 98.5 Å². The van der Waals surface area contributed by atoms with Gasteiger partial charge >= 0.3 is 0 Å². The van der Waals surface area contributed by atoms with Gasteiger partial charge in [-0.1, -0.05) is 5.92 Å². The molecule has 1 saturated heterocycles. The standard InChI is InChI=1S/C13H22N2O/c1-3-6-15-7-4-11(5-8-15)14-12-9-13(10-12)16-2/h1,11-14H,4-10H2,2H3. The molecule has 1 aliphatic carbocycles. The minimum absolute atomic E-state index is 0.499. The molecular weight excluding hydrogens is 200 g/mol. The summed E-state index contributed by atoms with van der Waals surface area (Å²) in [5.41, 5.74) is 0. The average molecular weight is 222 g/mol. The van der Waals surface area contributed by atoms with Gasteiger partial charge in [-0.25, -0.2) is 0 Å². The molecule has 0 unspecified atom stereocenters. The van der Waals surface area contributed by atoms with Gasteiger partial charge in [0.05, 0.1) is 12.6 Å². The van der Waals surface area contributed by atoms with Crippen molar-refractivity contribution in [1.29, 1.82) is 0 Å². The number of methoxy groups -OCH3 is 1. The van der Waals surface area contributed by atoms with Crippen molar-refractivity contribution >= 4 is 0 Å². The predicted octanol–water partition coefficient (Wildman–Crippen LogP) is 0.851. The third-order valence-electron chi connectivity index (χ3n) is 3.80. The summed E-state index contributed by atoms with van der Waals surface area (Å²) in [6.45, 7) is 3.09. The van der Waals surface area contributed by atoms with Crippen molar-refractivity contribution in [3.8, 4) is 12.3 Å². The Balaban J connectivity index is 1.61. The molecule has 0 aromatic heterocycles. The highest BCUT2D eigenvalue weighted by Crippen LogP contribution is 2.24. The van der Waals surface area contributed by atoms with E-state index in [0.717, 1.165) is 19.6 Å². The first-order valence-electron chi connectivity index (χ1n) is 6.26. The predicted molar refractivity (Wildman–Crippen MR) is 65.2 cm³/mol. The maximum Gasteiger partial charge on any atom is 0.0601 e. The highest BCUT2D eigenvalue weighted by molar-refractivity contribution is 4.92. The highest BCUT2D eigenvalue weighted by atomic mass is 16.5. The molecule has 2 aliphatic rings. The number of hydrogen-bond acceptors (Lipinski definition) is 3. The van der Waals surface area contributed by atoms with Crippen molar-refractivity contribution in [2.75, 3.05) is 26.7 Å². The van der Waals surface area contributed by atoms with E-state index in [0.29, 0.717) is 18.2 Å². The lowest BCUT2D eigenvalue weighted by atomic mass is 9.88. The molecule has 0 amide bonds.